The van der Waals surface area contributed by atoms with Gasteiger partial charge >= 0.3 is 0 Å². The molecule has 1 saturated heterocycles. The van der Waals surface area contributed by atoms with Crippen molar-refractivity contribution < 1.29 is 0 Å². The molecule has 0 radical (unpaired) electrons. The predicted molar refractivity (Wildman–Crippen MR) is 92.6 cm³/mol. The van der Waals surface area contributed by atoms with Gasteiger partial charge < -0.3 is 15.1 Å². The Morgan fingerprint density at radius 1 is 1.05 bits per heavy atom. The van der Waals surface area contributed by atoms with Gasteiger partial charge in [0, 0.05) is 38.1 Å². The number of nitrogens with one attached hydrogen (secondary N) is 1. The number of para-hydroxylation sites is 1. The second-order valence-electron chi connectivity index (χ2n) is 5.74. The fraction of sp³-hybridized carbons (Fsp3) is 0.529. The van der Waals surface area contributed by atoms with E-state index in [-0.39, 0.29) is 0 Å². The Kier molecular flexibility index (Phi) is 4.73. The summed E-state index contributed by atoms with van der Waals surface area (Å²) in [7, 11) is 0. The minimum atomic E-state index is 0.855. The molecule has 0 aliphatic carbocycles. The Balaban J connectivity index is 1.89. The van der Waals surface area contributed by atoms with Crippen LogP contribution in [0.15, 0.2) is 24.3 Å². The molecule has 1 aromatic heterocycles. The summed E-state index contributed by atoms with van der Waals surface area (Å²) in [4.78, 5) is 14.3. The van der Waals surface area contributed by atoms with Crippen LogP contribution in [0.5, 0.6) is 0 Å². The van der Waals surface area contributed by atoms with E-state index in [2.05, 4.69) is 41.1 Å². The van der Waals surface area contributed by atoms with E-state index in [4.69, 9.17) is 9.97 Å². The summed E-state index contributed by atoms with van der Waals surface area (Å²) in [6, 6.07) is 8.24. The fourth-order valence-corrected chi connectivity index (χ4v) is 2.85. The molecule has 2 aromatic rings. The lowest BCUT2D eigenvalue weighted by molar-refractivity contribution is 0.270. The van der Waals surface area contributed by atoms with Gasteiger partial charge in [-0.25, -0.2) is 4.98 Å². The number of hydrogen-bond acceptors (Lipinski definition) is 5. The quantitative estimate of drug-likeness (QED) is 0.919. The first-order valence-corrected chi connectivity index (χ1v) is 8.29. The molecule has 5 nitrogen and oxygen atoms in total. The third-order valence-corrected chi connectivity index (χ3v) is 4.24. The molecule has 1 fully saturated rings. The zero-order chi connectivity index (χ0) is 15.4. The lowest BCUT2D eigenvalue weighted by Crippen LogP contribution is -2.46. The first kappa shape index (κ1) is 15.0. The summed E-state index contributed by atoms with van der Waals surface area (Å²) in [5.74, 6) is 1.81. The average Bonchev–Trinajstić information content (AvgIpc) is 2.59. The molecule has 2 heterocycles. The van der Waals surface area contributed by atoms with E-state index in [9.17, 15) is 0 Å². The summed E-state index contributed by atoms with van der Waals surface area (Å²) >= 11 is 0. The van der Waals surface area contributed by atoms with Crippen molar-refractivity contribution >= 4 is 22.7 Å². The summed E-state index contributed by atoms with van der Waals surface area (Å²) in [6.07, 6.45) is 1.09. The van der Waals surface area contributed by atoms with Crippen LogP contribution in [-0.4, -0.2) is 54.1 Å². The SMILES string of the molecule is CCCNc1nc(N2CCN(CC)CC2)nc2ccccc12. The van der Waals surface area contributed by atoms with E-state index >= 15 is 0 Å². The van der Waals surface area contributed by atoms with E-state index in [0.29, 0.717) is 0 Å². The van der Waals surface area contributed by atoms with Crippen LogP contribution in [-0.2, 0) is 0 Å². The third-order valence-electron chi connectivity index (χ3n) is 4.24. The number of likely N-dealkylation sites (N-methyl/N-ethyl adjacent to an activating group) is 1. The van der Waals surface area contributed by atoms with Gasteiger partial charge in [0.15, 0.2) is 0 Å². The molecule has 118 valence electrons. The van der Waals surface area contributed by atoms with Crippen LogP contribution in [0.4, 0.5) is 11.8 Å². The predicted octanol–water partition coefficient (Wildman–Crippen LogP) is 2.59. The number of piperazine rings is 1. The molecule has 1 aliphatic rings. The maximum Gasteiger partial charge on any atom is 0.227 e. The average molecular weight is 299 g/mol. The smallest absolute Gasteiger partial charge is 0.227 e. The normalized spacial score (nSPS) is 16.2. The molecule has 5 heteroatoms. The number of hydrogen-bond donors (Lipinski definition) is 1. The number of aromatic nitrogens is 2. The Morgan fingerprint density at radius 3 is 2.55 bits per heavy atom. The molecular formula is C17H25N5. The molecule has 1 aromatic carbocycles. The maximum atomic E-state index is 4.80. The van der Waals surface area contributed by atoms with E-state index in [1.54, 1.807) is 0 Å². The van der Waals surface area contributed by atoms with Crippen LogP contribution in [0, 0.1) is 0 Å². The van der Waals surface area contributed by atoms with Crippen molar-refractivity contribution in [3.8, 4) is 0 Å². The largest absolute Gasteiger partial charge is 0.369 e. The van der Waals surface area contributed by atoms with Crippen LogP contribution in [0.25, 0.3) is 10.9 Å². The Bertz CT molecular complexity index is 619. The fourth-order valence-electron chi connectivity index (χ4n) is 2.85. The van der Waals surface area contributed by atoms with Gasteiger partial charge in [-0.2, -0.15) is 4.98 Å². The Labute approximate surface area is 132 Å². The molecule has 0 bridgehead atoms. The Morgan fingerprint density at radius 2 is 1.82 bits per heavy atom. The van der Waals surface area contributed by atoms with E-state index < -0.39 is 0 Å². The van der Waals surface area contributed by atoms with Gasteiger partial charge in [0.2, 0.25) is 5.95 Å². The van der Waals surface area contributed by atoms with Crippen LogP contribution >= 0.6 is 0 Å². The highest BCUT2D eigenvalue weighted by Gasteiger charge is 2.19. The zero-order valence-electron chi connectivity index (χ0n) is 13.5. The van der Waals surface area contributed by atoms with Crippen molar-refractivity contribution in [1.82, 2.24) is 14.9 Å². The van der Waals surface area contributed by atoms with Gasteiger partial charge in [-0.05, 0) is 25.1 Å². The number of fused-ring (bicyclic) bond motifs is 1. The van der Waals surface area contributed by atoms with Crippen molar-refractivity contribution in [2.75, 3.05) is 49.5 Å². The molecule has 0 amide bonds. The summed E-state index contributed by atoms with van der Waals surface area (Å²) in [5.41, 5.74) is 1.02. The van der Waals surface area contributed by atoms with Gasteiger partial charge in [-0.1, -0.05) is 26.0 Å². The van der Waals surface area contributed by atoms with E-state index in [1.807, 2.05) is 12.1 Å². The number of benzene rings is 1. The highest BCUT2D eigenvalue weighted by Crippen LogP contribution is 2.24. The van der Waals surface area contributed by atoms with Crippen LogP contribution in [0.1, 0.15) is 20.3 Å². The number of anilines is 2. The Hall–Kier alpha value is -1.88. The van der Waals surface area contributed by atoms with Gasteiger partial charge in [0.1, 0.15) is 5.82 Å². The minimum absolute atomic E-state index is 0.855. The lowest BCUT2D eigenvalue weighted by atomic mass is 10.2. The highest BCUT2D eigenvalue weighted by molar-refractivity contribution is 5.90. The molecule has 3 rings (SSSR count). The maximum absolute atomic E-state index is 4.80. The number of rotatable bonds is 5. The van der Waals surface area contributed by atoms with Crippen molar-refractivity contribution in [2.24, 2.45) is 0 Å². The standard InChI is InChI=1S/C17H25N5/c1-3-9-18-16-14-7-5-6-8-15(14)19-17(20-16)22-12-10-21(4-2)11-13-22/h5-8H,3-4,9-13H2,1-2H3,(H,18,19,20). The summed E-state index contributed by atoms with van der Waals surface area (Å²) in [6.45, 7) is 10.6. The summed E-state index contributed by atoms with van der Waals surface area (Å²) in [5, 5.41) is 4.55. The molecule has 0 saturated carbocycles. The molecule has 22 heavy (non-hydrogen) atoms. The highest BCUT2D eigenvalue weighted by atomic mass is 15.3. The van der Waals surface area contributed by atoms with E-state index in [1.165, 1.54) is 0 Å². The molecule has 0 atom stereocenters. The second kappa shape index (κ2) is 6.92. The first-order valence-electron chi connectivity index (χ1n) is 8.29. The number of nitrogens with zero attached hydrogens (tertiary/aromatic N) is 4. The second-order valence-corrected chi connectivity index (χ2v) is 5.74. The van der Waals surface area contributed by atoms with Crippen molar-refractivity contribution in [3.63, 3.8) is 0 Å². The first-order chi connectivity index (χ1) is 10.8. The van der Waals surface area contributed by atoms with Crippen LogP contribution < -0.4 is 10.2 Å². The van der Waals surface area contributed by atoms with Gasteiger partial charge in [-0.3, -0.25) is 0 Å². The third kappa shape index (κ3) is 3.14. The van der Waals surface area contributed by atoms with Crippen molar-refractivity contribution in [2.45, 2.75) is 20.3 Å². The molecular weight excluding hydrogens is 274 g/mol. The van der Waals surface area contributed by atoms with Crippen LogP contribution in [0.2, 0.25) is 0 Å². The molecule has 1 aliphatic heterocycles. The van der Waals surface area contributed by atoms with E-state index in [0.717, 1.165) is 68.4 Å². The minimum Gasteiger partial charge on any atom is -0.369 e. The van der Waals surface area contributed by atoms with Crippen molar-refractivity contribution in [1.29, 1.82) is 0 Å². The molecule has 0 spiro atoms. The lowest BCUT2D eigenvalue weighted by Gasteiger charge is -2.34. The van der Waals surface area contributed by atoms with Gasteiger partial charge in [0.05, 0.1) is 5.52 Å². The van der Waals surface area contributed by atoms with Gasteiger partial charge in [0.25, 0.3) is 0 Å². The van der Waals surface area contributed by atoms with Gasteiger partial charge in [-0.15, -0.1) is 0 Å². The monoisotopic (exact) mass is 299 g/mol. The van der Waals surface area contributed by atoms with Crippen molar-refractivity contribution in [3.05, 3.63) is 24.3 Å². The molecule has 0 unspecified atom stereocenters. The molecule has 1 N–H and O–H groups in total. The zero-order valence-corrected chi connectivity index (χ0v) is 13.5. The topological polar surface area (TPSA) is 44.3 Å². The summed E-state index contributed by atoms with van der Waals surface area (Å²) < 4.78 is 0. The van der Waals surface area contributed by atoms with Crippen LogP contribution in [0.3, 0.4) is 0 Å².